The van der Waals surface area contributed by atoms with Crippen LogP contribution in [0.25, 0.3) is 66.1 Å². The molecule has 2 heteroatoms. The molecule has 0 fully saturated rings. The van der Waals surface area contributed by atoms with E-state index in [4.69, 9.17) is 9.97 Å². The lowest BCUT2D eigenvalue weighted by molar-refractivity contribution is 1.31. The molecule has 0 amide bonds. The van der Waals surface area contributed by atoms with Crippen LogP contribution in [0.2, 0.25) is 0 Å². The van der Waals surface area contributed by atoms with Gasteiger partial charge in [0.05, 0.1) is 22.9 Å². The zero-order chi connectivity index (χ0) is 24.8. The normalized spacial score (nSPS) is 11.4. The number of fused-ring (bicyclic) bond motifs is 6. The summed E-state index contributed by atoms with van der Waals surface area (Å²) < 4.78 is 0. The molecule has 37 heavy (non-hydrogen) atoms. The lowest BCUT2D eigenvalue weighted by atomic mass is 9.97. The number of hydrogen-bond donors (Lipinski definition) is 0. The molecule has 0 spiro atoms. The molecule has 0 radical (unpaired) electrons. The first kappa shape index (κ1) is 21.5. The Kier molecular flexibility index (Phi) is 5.04. The summed E-state index contributed by atoms with van der Waals surface area (Å²) in [6.07, 6.45) is 1.90. The fraction of sp³-hybridized carbons (Fsp3) is 0.0286. The first-order valence-electron chi connectivity index (χ1n) is 12.6. The molecule has 6 aromatic carbocycles. The fourth-order valence-electron chi connectivity index (χ4n) is 5.22. The van der Waals surface area contributed by atoms with Crippen molar-refractivity contribution in [2.24, 2.45) is 0 Å². The Labute approximate surface area is 215 Å². The van der Waals surface area contributed by atoms with Gasteiger partial charge >= 0.3 is 0 Å². The van der Waals surface area contributed by atoms with Crippen LogP contribution in [0.4, 0.5) is 0 Å². The minimum Gasteiger partial charge on any atom is -0.252 e. The fourth-order valence-corrected chi connectivity index (χ4v) is 5.22. The molecule has 0 saturated heterocycles. The summed E-state index contributed by atoms with van der Waals surface area (Å²) in [4.78, 5) is 10.0. The van der Waals surface area contributed by atoms with Gasteiger partial charge in [-0.1, -0.05) is 121 Å². The highest BCUT2D eigenvalue weighted by Gasteiger charge is 2.12. The number of hydrogen-bond acceptors (Lipinski definition) is 2. The molecule has 2 nitrogen and oxygen atoms in total. The van der Waals surface area contributed by atoms with Crippen LogP contribution in [0, 0.1) is 6.92 Å². The summed E-state index contributed by atoms with van der Waals surface area (Å²) in [5.41, 5.74) is 9.95. The predicted octanol–water partition coefficient (Wildman–Crippen LogP) is 9.25. The van der Waals surface area contributed by atoms with E-state index in [-0.39, 0.29) is 0 Å². The Bertz CT molecular complexity index is 1880. The first-order valence-corrected chi connectivity index (χ1v) is 12.6. The smallest absolute Gasteiger partial charge is 0.0979 e. The maximum atomic E-state index is 5.12. The van der Waals surface area contributed by atoms with Crippen molar-refractivity contribution in [3.63, 3.8) is 0 Å². The Morgan fingerprint density at radius 3 is 1.57 bits per heavy atom. The molecule has 1 heterocycles. The second-order valence-corrected chi connectivity index (χ2v) is 9.57. The number of nitrogens with zero attached hydrogens (tertiary/aromatic N) is 2. The van der Waals surface area contributed by atoms with Crippen molar-refractivity contribution >= 4 is 32.6 Å². The van der Waals surface area contributed by atoms with Crippen molar-refractivity contribution in [2.45, 2.75) is 6.92 Å². The van der Waals surface area contributed by atoms with Crippen LogP contribution in [0.5, 0.6) is 0 Å². The second-order valence-electron chi connectivity index (χ2n) is 9.57. The summed E-state index contributed by atoms with van der Waals surface area (Å²) in [5, 5.41) is 4.69. The number of benzene rings is 6. The van der Waals surface area contributed by atoms with Crippen LogP contribution in [0.3, 0.4) is 0 Å². The summed E-state index contributed by atoms with van der Waals surface area (Å²) in [6.45, 7) is 2.12. The van der Waals surface area contributed by atoms with Gasteiger partial charge in [-0.25, -0.2) is 4.98 Å². The largest absolute Gasteiger partial charge is 0.252 e. The predicted molar refractivity (Wildman–Crippen MR) is 156 cm³/mol. The zero-order valence-electron chi connectivity index (χ0n) is 20.5. The van der Waals surface area contributed by atoms with Gasteiger partial charge in [-0.3, -0.25) is 4.98 Å². The number of aryl methyl sites for hydroxylation is 1. The quantitative estimate of drug-likeness (QED) is 0.240. The molecule has 0 saturated carbocycles. The molecule has 0 atom stereocenters. The molecule has 0 N–H and O–H groups in total. The lowest BCUT2D eigenvalue weighted by Gasteiger charge is -2.11. The molecule has 0 aliphatic heterocycles. The van der Waals surface area contributed by atoms with E-state index in [1.165, 1.54) is 38.6 Å². The maximum Gasteiger partial charge on any atom is 0.0979 e. The van der Waals surface area contributed by atoms with Gasteiger partial charge in [-0.2, -0.15) is 0 Å². The van der Waals surface area contributed by atoms with Crippen LogP contribution >= 0.6 is 0 Å². The third-order valence-corrected chi connectivity index (χ3v) is 7.19. The van der Waals surface area contributed by atoms with Crippen LogP contribution in [-0.4, -0.2) is 9.97 Å². The molecule has 0 bridgehead atoms. The number of rotatable bonds is 3. The maximum absolute atomic E-state index is 5.12. The van der Waals surface area contributed by atoms with Gasteiger partial charge in [0.25, 0.3) is 0 Å². The lowest BCUT2D eigenvalue weighted by Crippen LogP contribution is -1.92. The van der Waals surface area contributed by atoms with Gasteiger partial charge in [-0.15, -0.1) is 0 Å². The minimum absolute atomic E-state index is 0.882. The Morgan fingerprint density at radius 1 is 0.432 bits per heavy atom. The first-order chi connectivity index (χ1) is 18.2. The highest BCUT2D eigenvalue weighted by atomic mass is 14.8. The van der Waals surface area contributed by atoms with E-state index in [9.17, 15) is 0 Å². The van der Waals surface area contributed by atoms with Crippen LogP contribution in [0.15, 0.2) is 128 Å². The molecule has 7 aromatic rings. The van der Waals surface area contributed by atoms with Gasteiger partial charge in [0.1, 0.15) is 0 Å². The SMILES string of the molecule is Cc1ccc(-c2cccc(-c3ccc(-c4cnc5c6ccccc6c6ccccc6c5n4)cc3)c2)cc1. The van der Waals surface area contributed by atoms with Gasteiger partial charge in [0.2, 0.25) is 0 Å². The Hall–Kier alpha value is -4.82. The van der Waals surface area contributed by atoms with E-state index >= 15 is 0 Å². The van der Waals surface area contributed by atoms with E-state index in [1.807, 2.05) is 6.20 Å². The van der Waals surface area contributed by atoms with Crippen molar-refractivity contribution in [2.75, 3.05) is 0 Å². The molecule has 0 aliphatic rings. The zero-order valence-corrected chi connectivity index (χ0v) is 20.5. The van der Waals surface area contributed by atoms with Crippen molar-refractivity contribution < 1.29 is 0 Å². The van der Waals surface area contributed by atoms with Crippen LogP contribution < -0.4 is 0 Å². The average Bonchev–Trinajstić information content (AvgIpc) is 2.98. The van der Waals surface area contributed by atoms with Crippen LogP contribution in [0.1, 0.15) is 5.56 Å². The van der Waals surface area contributed by atoms with E-state index < -0.39 is 0 Å². The topological polar surface area (TPSA) is 25.8 Å². The Balaban J connectivity index is 1.29. The third-order valence-electron chi connectivity index (χ3n) is 7.19. The summed E-state index contributed by atoms with van der Waals surface area (Å²) in [7, 11) is 0. The average molecular weight is 473 g/mol. The van der Waals surface area contributed by atoms with Crippen molar-refractivity contribution in [1.82, 2.24) is 9.97 Å². The minimum atomic E-state index is 0.882. The molecular formula is C35H24N2. The van der Waals surface area contributed by atoms with E-state index in [1.54, 1.807) is 0 Å². The molecule has 7 rings (SSSR count). The Morgan fingerprint density at radius 2 is 0.946 bits per heavy atom. The summed E-state index contributed by atoms with van der Waals surface area (Å²) in [6, 6.07) is 43.0. The monoisotopic (exact) mass is 472 g/mol. The van der Waals surface area contributed by atoms with E-state index in [0.717, 1.165) is 33.1 Å². The van der Waals surface area contributed by atoms with E-state index in [2.05, 4.69) is 128 Å². The molecule has 174 valence electrons. The molecular weight excluding hydrogens is 448 g/mol. The summed E-state index contributed by atoms with van der Waals surface area (Å²) >= 11 is 0. The highest BCUT2D eigenvalue weighted by molar-refractivity contribution is 6.23. The van der Waals surface area contributed by atoms with Crippen molar-refractivity contribution in [3.8, 4) is 33.5 Å². The highest BCUT2D eigenvalue weighted by Crippen LogP contribution is 2.34. The molecule has 0 unspecified atom stereocenters. The standard InChI is InChI=1S/C35H24N2/c1-23-13-15-24(16-14-23)27-7-6-8-28(21-27)25-17-19-26(20-18-25)33-22-36-34-31-11-4-2-9-29(31)30-10-3-5-12-32(30)35(34)37-33/h2-22H,1H3. The van der Waals surface area contributed by atoms with Gasteiger partial charge in [0.15, 0.2) is 0 Å². The van der Waals surface area contributed by atoms with Crippen LogP contribution in [-0.2, 0) is 0 Å². The van der Waals surface area contributed by atoms with E-state index in [0.29, 0.717) is 0 Å². The van der Waals surface area contributed by atoms with Crippen molar-refractivity contribution in [1.29, 1.82) is 0 Å². The van der Waals surface area contributed by atoms with Gasteiger partial charge in [-0.05, 0) is 46.0 Å². The molecule has 0 aliphatic carbocycles. The van der Waals surface area contributed by atoms with Gasteiger partial charge in [0, 0.05) is 16.3 Å². The van der Waals surface area contributed by atoms with Crippen molar-refractivity contribution in [3.05, 3.63) is 133 Å². The third kappa shape index (κ3) is 3.75. The van der Waals surface area contributed by atoms with Gasteiger partial charge < -0.3 is 0 Å². The second kappa shape index (κ2) is 8.69. The molecule has 1 aromatic heterocycles. The number of aromatic nitrogens is 2. The summed E-state index contributed by atoms with van der Waals surface area (Å²) in [5.74, 6) is 0.